The molecule has 0 heterocycles. The molecule has 0 aliphatic carbocycles. The molecule has 150 valence electrons. The molecule has 1 amide bonds. The number of carbonyl (C=O) groups excluding carboxylic acids is 1. The number of aryl methyl sites for hydroxylation is 2. The van der Waals surface area contributed by atoms with Crippen LogP contribution in [-0.4, -0.2) is 12.5 Å². The number of rotatable bonds is 9. The number of carbonyl (C=O) groups is 1. The van der Waals surface area contributed by atoms with Crippen molar-refractivity contribution < 1.29 is 9.53 Å². The van der Waals surface area contributed by atoms with Crippen molar-refractivity contribution in [3.05, 3.63) is 83.9 Å². The molecule has 0 saturated carbocycles. The van der Waals surface area contributed by atoms with Crippen molar-refractivity contribution in [2.75, 3.05) is 17.2 Å². The molecule has 0 spiro atoms. The third kappa shape index (κ3) is 6.39. The molecule has 0 aliphatic rings. The maximum atomic E-state index is 12.4. The summed E-state index contributed by atoms with van der Waals surface area (Å²) in [5, 5.41) is 6.36. The fraction of sp³-hybridized carbons (Fsp3) is 0.240. The zero-order valence-corrected chi connectivity index (χ0v) is 17.1. The predicted octanol–water partition coefficient (Wildman–Crippen LogP) is 6.10. The largest absolute Gasteiger partial charge is 0.494 e. The van der Waals surface area contributed by atoms with Gasteiger partial charge in [-0.15, -0.1) is 0 Å². The predicted molar refractivity (Wildman–Crippen MR) is 120 cm³/mol. The van der Waals surface area contributed by atoms with Crippen molar-refractivity contribution in [2.24, 2.45) is 0 Å². The van der Waals surface area contributed by atoms with Crippen LogP contribution >= 0.6 is 0 Å². The van der Waals surface area contributed by atoms with Gasteiger partial charge in [-0.25, -0.2) is 0 Å². The van der Waals surface area contributed by atoms with Crippen LogP contribution in [0, 0.1) is 6.92 Å². The monoisotopic (exact) mass is 388 g/mol. The third-order valence-corrected chi connectivity index (χ3v) is 4.68. The van der Waals surface area contributed by atoms with E-state index in [4.69, 9.17) is 4.74 Å². The van der Waals surface area contributed by atoms with Gasteiger partial charge in [0.2, 0.25) is 5.91 Å². The Morgan fingerprint density at radius 2 is 1.59 bits per heavy atom. The van der Waals surface area contributed by atoms with Crippen LogP contribution in [0.25, 0.3) is 0 Å². The first-order chi connectivity index (χ1) is 14.1. The lowest BCUT2D eigenvalue weighted by Crippen LogP contribution is -2.13. The minimum atomic E-state index is -0.0203. The van der Waals surface area contributed by atoms with Gasteiger partial charge in [-0.3, -0.25) is 4.79 Å². The van der Waals surface area contributed by atoms with Crippen molar-refractivity contribution in [3.63, 3.8) is 0 Å². The van der Waals surface area contributed by atoms with Gasteiger partial charge in [-0.2, -0.15) is 0 Å². The first-order valence-corrected chi connectivity index (χ1v) is 10.1. The Morgan fingerprint density at radius 3 is 2.28 bits per heavy atom. The fourth-order valence-corrected chi connectivity index (χ4v) is 2.95. The average molecular weight is 389 g/mol. The van der Waals surface area contributed by atoms with Crippen molar-refractivity contribution >= 4 is 23.0 Å². The van der Waals surface area contributed by atoms with Crippen LogP contribution in [0.2, 0.25) is 0 Å². The van der Waals surface area contributed by atoms with E-state index in [-0.39, 0.29) is 5.91 Å². The molecule has 0 radical (unpaired) electrons. The Labute approximate surface area is 172 Å². The smallest absolute Gasteiger partial charge is 0.224 e. The highest BCUT2D eigenvalue weighted by molar-refractivity contribution is 5.94. The van der Waals surface area contributed by atoms with E-state index in [2.05, 4.69) is 48.7 Å². The Morgan fingerprint density at radius 1 is 0.897 bits per heavy atom. The normalized spacial score (nSPS) is 10.4. The van der Waals surface area contributed by atoms with E-state index in [1.54, 1.807) is 0 Å². The van der Waals surface area contributed by atoms with Crippen molar-refractivity contribution in [1.29, 1.82) is 0 Å². The summed E-state index contributed by atoms with van der Waals surface area (Å²) < 4.78 is 5.73. The number of amides is 1. The van der Waals surface area contributed by atoms with Crippen molar-refractivity contribution in [2.45, 2.75) is 33.1 Å². The molecule has 3 aromatic carbocycles. The van der Waals surface area contributed by atoms with Gasteiger partial charge in [0.15, 0.2) is 0 Å². The molecule has 0 saturated heterocycles. The second kappa shape index (κ2) is 10.3. The number of hydrogen-bond acceptors (Lipinski definition) is 3. The number of para-hydroxylation sites is 2. The van der Waals surface area contributed by atoms with Gasteiger partial charge in [0.05, 0.1) is 18.0 Å². The van der Waals surface area contributed by atoms with Crippen LogP contribution in [0.1, 0.15) is 30.9 Å². The Balaban J connectivity index is 1.48. The topological polar surface area (TPSA) is 50.4 Å². The highest BCUT2D eigenvalue weighted by Gasteiger charge is 2.07. The van der Waals surface area contributed by atoms with Gasteiger partial charge in [0.1, 0.15) is 5.75 Å². The van der Waals surface area contributed by atoms with Crippen molar-refractivity contribution in [3.8, 4) is 5.75 Å². The van der Waals surface area contributed by atoms with Crippen molar-refractivity contribution in [1.82, 2.24) is 0 Å². The standard InChI is InChI=1S/C25H28N2O2/c1-3-20-12-16-22(17-13-20)29-18-6-9-25(28)27-24-8-5-4-7-23(24)26-21-14-10-19(2)11-15-21/h4-5,7-8,10-17,26H,3,6,9,18H2,1-2H3,(H,27,28). The summed E-state index contributed by atoms with van der Waals surface area (Å²) in [4.78, 5) is 12.4. The first kappa shape index (κ1) is 20.5. The van der Waals surface area contributed by atoms with Crippen LogP contribution in [0.15, 0.2) is 72.8 Å². The molecular weight excluding hydrogens is 360 g/mol. The van der Waals surface area contributed by atoms with E-state index in [1.807, 2.05) is 48.5 Å². The lowest BCUT2D eigenvalue weighted by Gasteiger charge is -2.13. The number of nitrogens with one attached hydrogen (secondary N) is 2. The first-order valence-electron chi connectivity index (χ1n) is 10.1. The summed E-state index contributed by atoms with van der Waals surface area (Å²) >= 11 is 0. The summed E-state index contributed by atoms with van der Waals surface area (Å²) in [5.41, 5.74) is 5.13. The van der Waals surface area contributed by atoms with Gasteiger partial charge >= 0.3 is 0 Å². The fourth-order valence-electron chi connectivity index (χ4n) is 2.95. The van der Waals surface area contributed by atoms with Crippen LogP contribution in [0.3, 0.4) is 0 Å². The molecule has 0 aromatic heterocycles. The molecule has 4 heteroatoms. The van der Waals surface area contributed by atoms with E-state index < -0.39 is 0 Å². The number of benzene rings is 3. The van der Waals surface area contributed by atoms with Gasteiger partial charge in [0.25, 0.3) is 0 Å². The molecule has 4 nitrogen and oxygen atoms in total. The highest BCUT2D eigenvalue weighted by Crippen LogP contribution is 2.25. The summed E-state index contributed by atoms with van der Waals surface area (Å²) in [6, 6.07) is 24.0. The quantitative estimate of drug-likeness (QED) is 0.436. The minimum absolute atomic E-state index is 0.0203. The zero-order chi connectivity index (χ0) is 20.5. The van der Waals surface area contributed by atoms with Gasteiger partial charge in [-0.05, 0) is 61.7 Å². The number of hydrogen-bond donors (Lipinski definition) is 2. The lowest BCUT2D eigenvalue weighted by atomic mass is 10.2. The number of ether oxygens (including phenoxy) is 1. The maximum absolute atomic E-state index is 12.4. The Hall–Kier alpha value is -3.27. The van der Waals surface area contributed by atoms with Crippen LogP contribution < -0.4 is 15.4 Å². The molecule has 0 aliphatic heterocycles. The van der Waals surface area contributed by atoms with Gasteiger partial charge in [-0.1, -0.05) is 48.9 Å². The molecule has 3 aromatic rings. The summed E-state index contributed by atoms with van der Waals surface area (Å²) in [6.07, 6.45) is 2.08. The molecule has 0 atom stereocenters. The van der Waals surface area contributed by atoms with Gasteiger partial charge in [0, 0.05) is 12.1 Å². The van der Waals surface area contributed by atoms with E-state index in [0.717, 1.165) is 29.2 Å². The Kier molecular flexibility index (Phi) is 7.28. The molecule has 29 heavy (non-hydrogen) atoms. The number of anilines is 3. The molecular formula is C25H28N2O2. The van der Waals surface area contributed by atoms with E-state index in [1.165, 1.54) is 11.1 Å². The lowest BCUT2D eigenvalue weighted by molar-refractivity contribution is -0.116. The summed E-state index contributed by atoms with van der Waals surface area (Å²) in [7, 11) is 0. The SMILES string of the molecule is CCc1ccc(OCCCC(=O)Nc2ccccc2Nc2ccc(C)cc2)cc1. The summed E-state index contributed by atoms with van der Waals surface area (Å²) in [6.45, 7) is 4.70. The second-order valence-corrected chi connectivity index (χ2v) is 7.03. The second-order valence-electron chi connectivity index (χ2n) is 7.03. The summed E-state index contributed by atoms with van der Waals surface area (Å²) in [5.74, 6) is 0.823. The van der Waals surface area contributed by atoms with Crippen LogP contribution in [-0.2, 0) is 11.2 Å². The van der Waals surface area contributed by atoms with Crippen LogP contribution in [0.4, 0.5) is 17.1 Å². The zero-order valence-electron chi connectivity index (χ0n) is 17.1. The molecule has 0 fully saturated rings. The Bertz CT molecular complexity index is 918. The van der Waals surface area contributed by atoms with E-state index in [0.29, 0.717) is 19.4 Å². The maximum Gasteiger partial charge on any atom is 0.224 e. The van der Waals surface area contributed by atoms with E-state index >= 15 is 0 Å². The molecule has 0 bridgehead atoms. The third-order valence-electron chi connectivity index (χ3n) is 4.68. The van der Waals surface area contributed by atoms with E-state index in [9.17, 15) is 4.79 Å². The molecule has 3 rings (SSSR count). The average Bonchev–Trinajstić information content (AvgIpc) is 2.75. The van der Waals surface area contributed by atoms with Crippen LogP contribution in [0.5, 0.6) is 5.75 Å². The minimum Gasteiger partial charge on any atom is -0.494 e. The van der Waals surface area contributed by atoms with Gasteiger partial charge < -0.3 is 15.4 Å². The molecule has 0 unspecified atom stereocenters. The molecule has 2 N–H and O–H groups in total. The highest BCUT2D eigenvalue weighted by atomic mass is 16.5.